The van der Waals surface area contributed by atoms with E-state index >= 15 is 0 Å². The smallest absolute Gasteiger partial charge is 0.289 e. The number of ether oxygens (including phenoxy) is 1. The molecule has 0 atom stereocenters. The van der Waals surface area contributed by atoms with E-state index in [4.69, 9.17) is 4.74 Å². The summed E-state index contributed by atoms with van der Waals surface area (Å²) in [5, 5.41) is 2.88. The zero-order valence-electron chi connectivity index (χ0n) is 18.0. The van der Waals surface area contributed by atoms with Crippen LogP contribution in [0.5, 0.6) is 0 Å². The summed E-state index contributed by atoms with van der Waals surface area (Å²) < 4.78 is 5.46. The maximum absolute atomic E-state index is 12.5. The lowest BCUT2D eigenvalue weighted by molar-refractivity contribution is 0.0940. The monoisotopic (exact) mass is 427 g/mol. The molecule has 0 unspecified atom stereocenters. The normalized spacial score (nSPS) is 15.3. The largest absolute Gasteiger partial charge is 0.378 e. The highest BCUT2D eigenvalue weighted by molar-refractivity contribution is 5.91. The van der Waals surface area contributed by atoms with E-state index in [1.165, 1.54) is 5.56 Å². The molecule has 5 rings (SSSR count). The van der Waals surface area contributed by atoms with Crippen LogP contribution in [-0.4, -0.2) is 47.2 Å². The number of nitrogens with zero attached hydrogens (tertiary/aromatic N) is 4. The second kappa shape index (κ2) is 8.88. The van der Waals surface area contributed by atoms with Gasteiger partial charge in [-0.2, -0.15) is 0 Å². The first-order valence-electron chi connectivity index (χ1n) is 10.9. The molecule has 0 saturated carbocycles. The van der Waals surface area contributed by atoms with Crippen LogP contribution in [0, 0.1) is 6.92 Å². The van der Waals surface area contributed by atoms with Gasteiger partial charge in [0.1, 0.15) is 0 Å². The van der Waals surface area contributed by atoms with Gasteiger partial charge in [-0.05, 0) is 24.1 Å². The Morgan fingerprint density at radius 1 is 1.06 bits per heavy atom. The number of anilines is 1. The number of rotatable bonds is 5. The number of amides is 1. The summed E-state index contributed by atoms with van der Waals surface area (Å²) in [6.07, 6.45) is 8.31. The molecule has 7 nitrogen and oxygen atoms in total. The highest BCUT2D eigenvalue weighted by atomic mass is 16.5. The van der Waals surface area contributed by atoms with Crippen molar-refractivity contribution in [2.24, 2.45) is 0 Å². The van der Waals surface area contributed by atoms with E-state index in [1.807, 2.05) is 37.4 Å². The van der Waals surface area contributed by atoms with Crippen LogP contribution < -0.4 is 10.2 Å². The lowest BCUT2D eigenvalue weighted by Crippen LogP contribution is -2.36. The number of hydrogen-bond acceptors (Lipinski definition) is 6. The van der Waals surface area contributed by atoms with Crippen LogP contribution in [-0.2, 0) is 17.7 Å². The first kappa shape index (κ1) is 20.3. The van der Waals surface area contributed by atoms with E-state index in [0.717, 1.165) is 66.4 Å². The van der Waals surface area contributed by atoms with Crippen molar-refractivity contribution in [2.45, 2.75) is 19.9 Å². The minimum Gasteiger partial charge on any atom is -0.378 e. The number of aryl methyl sites for hydroxylation is 1. The van der Waals surface area contributed by atoms with E-state index in [1.54, 1.807) is 12.4 Å². The van der Waals surface area contributed by atoms with E-state index in [9.17, 15) is 4.79 Å². The maximum atomic E-state index is 12.5. The zero-order valence-corrected chi connectivity index (χ0v) is 18.0. The van der Waals surface area contributed by atoms with Gasteiger partial charge in [-0.25, -0.2) is 9.97 Å². The summed E-state index contributed by atoms with van der Waals surface area (Å²) in [7, 11) is 0. The number of carbonyl (C=O) groups is 1. The minimum atomic E-state index is -0.283. The van der Waals surface area contributed by atoms with Gasteiger partial charge in [-0.15, -0.1) is 0 Å². The fourth-order valence-electron chi connectivity index (χ4n) is 4.01. The molecule has 1 aromatic carbocycles. The van der Waals surface area contributed by atoms with Crippen LogP contribution in [0.15, 0.2) is 55.0 Å². The second-order valence-corrected chi connectivity index (χ2v) is 8.07. The van der Waals surface area contributed by atoms with Crippen molar-refractivity contribution in [3.63, 3.8) is 0 Å². The molecule has 2 aromatic heterocycles. The number of pyridine rings is 1. The zero-order chi connectivity index (χ0) is 21.9. The summed E-state index contributed by atoms with van der Waals surface area (Å²) >= 11 is 0. The molecule has 1 aliphatic carbocycles. The Bertz CT molecular complexity index is 1150. The van der Waals surface area contributed by atoms with Crippen molar-refractivity contribution in [3.8, 4) is 0 Å². The molecular weight excluding hydrogens is 402 g/mol. The number of morpholine rings is 1. The molecule has 0 bridgehead atoms. The molecule has 1 N–H and O–H groups in total. The van der Waals surface area contributed by atoms with Crippen molar-refractivity contribution in [1.29, 1.82) is 0 Å². The number of allylic oxidation sites excluding steroid dienone is 1. The van der Waals surface area contributed by atoms with Gasteiger partial charge in [0.2, 0.25) is 5.82 Å². The standard InChI is InChI=1S/C25H25N5O2/c1-17-2-4-18(5-3-17)13-29-25(31)24-27-14-19(15-28-24)21-6-7-23-22(21)12-20(16-26-23)30-8-10-32-11-9-30/h2-6,12,14-16H,7-11,13H2,1H3,(H,29,31). The maximum Gasteiger partial charge on any atom is 0.289 e. The van der Waals surface area contributed by atoms with Gasteiger partial charge in [0.15, 0.2) is 0 Å². The molecule has 3 aromatic rings. The van der Waals surface area contributed by atoms with Crippen molar-refractivity contribution < 1.29 is 9.53 Å². The third kappa shape index (κ3) is 4.24. The summed E-state index contributed by atoms with van der Waals surface area (Å²) in [6, 6.07) is 10.2. The molecule has 1 fully saturated rings. The molecule has 7 heteroatoms. The quantitative estimate of drug-likeness (QED) is 0.674. The second-order valence-electron chi connectivity index (χ2n) is 8.07. The molecular formula is C25H25N5O2. The van der Waals surface area contributed by atoms with Gasteiger partial charge >= 0.3 is 0 Å². The van der Waals surface area contributed by atoms with Crippen molar-refractivity contribution in [1.82, 2.24) is 20.3 Å². The molecule has 0 spiro atoms. The summed E-state index contributed by atoms with van der Waals surface area (Å²) in [4.78, 5) is 28.1. The lowest BCUT2D eigenvalue weighted by Gasteiger charge is -2.29. The fraction of sp³-hybridized carbons (Fsp3) is 0.280. The summed E-state index contributed by atoms with van der Waals surface area (Å²) in [5.74, 6) is -0.117. The average molecular weight is 428 g/mol. The Hall–Kier alpha value is -3.58. The molecule has 2 aliphatic rings. The Labute approximate surface area is 187 Å². The van der Waals surface area contributed by atoms with E-state index in [-0.39, 0.29) is 11.7 Å². The number of fused-ring (bicyclic) bond motifs is 1. The highest BCUT2D eigenvalue weighted by Crippen LogP contribution is 2.33. The van der Waals surface area contributed by atoms with Crippen LogP contribution in [0.25, 0.3) is 5.57 Å². The molecule has 32 heavy (non-hydrogen) atoms. The number of hydrogen-bond donors (Lipinski definition) is 1. The predicted octanol–water partition coefficient (Wildman–Crippen LogP) is 2.93. The van der Waals surface area contributed by atoms with Gasteiger partial charge in [0.05, 0.1) is 30.8 Å². The van der Waals surface area contributed by atoms with Gasteiger partial charge < -0.3 is 15.0 Å². The number of nitrogens with one attached hydrogen (secondary N) is 1. The topological polar surface area (TPSA) is 80.2 Å². The molecule has 0 radical (unpaired) electrons. The molecule has 162 valence electrons. The minimum absolute atomic E-state index is 0.167. The van der Waals surface area contributed by atoms with Gasteiger partial charge in [-0.3, -0.25) is 9.78 Å². The van der Waals surface area contributed by atoms with Gasteiger partial charge in [0.25, 0.3) is 5.91 Å². The molecule has 3 heterocycles. The average Bonchev–Trinajstić information content (AvgIpc) is 3.27. The van der Waals surface area contributed by atoms with Crippen molar-refractivity contribution >= 4 is 17.2 Å². The number of aromatic nitrogens is 3. The lowest BCUT2D eigenvalue weighted by atomic mass is 10.0. The van der Waals surface area contributed by atoms with Gasteiger partial charge in [-0.1, -0.05) is 35.9 Å². The van der Waals surface area contributed by atoms with Crippen LogP contribution >= 0.6 is 0 Å². The number of benzene rings is 1. The summed E-state index contributed by atoms with van der Waals surface area (Å²) in [5.41, 5.74) is 7.44. The van der Waals surface area contributed by atoms with Crippen LogP contribution in [0.1, 0.15) is 38.6 Å². The van der Waals surface area contributed by atoms with Crippen LogP contribution in [0.2, 0.25) is 0 Å². The van der Waals surface area contributed by atoms with E-state index in [0.29, 0.717) is 6.54 Å². The van der Waals surface area contributed by atoms with Crippen molar-refractivity contribution in [2.75, 3.05) is 31.2 Å². The molecule has 1 aliphatic heterocycles. The Morgan fingerprint density at radius 2 is 1.81 bits per heavy atom. The Balaban J connectivity index is 1.28. The van der Waals surface area contributed by atoms with Crippen molar-refractivity contribution in [3.05, 3.63) is 88.8 Å². The molecule has 1 saturated heterocycles. The summed E-state index contributed by atoms with van der Waals surface area (Å²) in [6.45, 7) is 5.69. The SMILES string of the molecule is Cc1ccc(CNC(=O)c2ncc(C3=CCc4ncc(N5CCOCC5)cc43)cn2)cc1. The third-order valence-electron chi connectivity index (χ3n) is 5.86. The molecule has 1 amide bonds. The predicted molar refractivity (Wildman–Crippen MR) is 122 cm³/mol. The van der Waals surface area contributed by atoms with Crippen LogP contribution in [0.3, 0.4) is 0 Å². The number of carbonyl (C=O) groups excluding carboxylic acids is 1. The highest BCUT2D eigenvalue weighted by Gasteiger charge is 2.21. The first-order valence-corrected chi connectivity index (χ1v) is 10.9. The van der Waals surface area contributed by atoms with Crippen LogP contribution in [0.4, 0.5) is 5.69 Å². The van der Waals surface area contributed by atoms with Gasteiger partial charge in [0, 0.05) is 49.6 Å². The Morgan fingerprint density at radius 3 is 2.56 bits per heavy atom. The fourth-order valence-corrected chi connectivity index (χ4v) is 4.01. The first-order chi connectivity index (χ1) is 15.7. The Kier molecular flexibility index (Phi) is 5.64. The van der Waals surface area contributed by atoms with E-state index in [2.05, 4.69) is 37.3 Å². The third-order valence-corrected chi connectivity index (χ3v) is 5.86. The van der Waals surface area contributed by atoms with E-state index < -0.39 is 0 Å².